The lowest BCUT2D eigenvalue weighted by molar-refractivity contribution is -0.139. The van der Waals surface area contributed by atoms with Gasteiger partial charge in [-0.1, -0.05) is 17.7 Å². The molecule has 1 aromatic rings. The van der Waals surface area contributed by atoms with Crippen LogP contribution in [-0.4, -0.2) is 40.9 Å². The number of β-amino-alcohol motifs (C(OH)–C–C–N with tert-alkyl or cyclic N) is 1. The van der Waals surface area contributed by atoms with Gasteiger partial charge in [-0.2, -0.15) is 0 Å². The summed E-state index contributed by atoms with van der Waals surface area (Å²) in [5, 5.41) is 8.89. The molecule has 0 unspecified atom stereocenters. The molecule has 1 atom stereocenters. The van der Waals surface area contributed by atoms with Gasteiger partial charge in [-0.05, 0) is 18.6 Å². The Bertz CT molecular complexity index is 583. The summed E-state index contributed by atoms with van der Waals surface area (Å²) in [6.07, 6.45) is 0.00255. The molecule has 0 saturated carbocycles. The van der Waals surface area contributed by atoms with E-state index in [0.717, 1.165) is 10.5 Å². The van der Waals surface area contributed by atoms with Gasteiger partial charge in [-0.15, -0.1) is 0 Å². The number of nitrogens with zero attached hydrogens (tertiary/aromatic N) is 1. The second kappa shape index (κ2) is 5.42. The van der Waals surface area contributed by atoms with E-state index in [1.807, 2.05) is 6.92 Å². The maximum Gasteiger partial charge on any atom is 0.249 e. The van der Waals surface area contributed by atoms with E-state index in [2.05, 4.69) is 0 Å². The summed E-state index contributed by atoms with van der Waals surface area (Å²) < 4.78 is 0. The fraction of sp³-hybridized carbons (Fsp3) is 0.357. The van der Waals surface area contributed by atoms with Crippen LogP contribution in [0, 0.1) is 6.92 Å². The summed E-state index contributed by atoms with van der Waals surface area (Å²) in [4.78, 5) is 36.5. The number of aryl methyl sites for hydroxylation is 1. The van der Waals surface area contributed by atoms with Crippen molar-refractivity contribution in [2.45, 2.75) is 19.3 Å². The number of aliphatic hydroxyl groups excluding tert-OH is 1. The zero-order chi connectivity index (χ0) is 14.9. The molecule has 0 bridgehead atoms. The molecule has 0 spiro atoms. The van der Waals surface area contributed by atoms with Crippen LogP contribution in [0.4, 0.5) is 0 Å². The molecule has 6 nitrogen and oxygen atoms in total. The summed E-state index contributed by atoms with van der Waals surface area (Å²) >= 11 is 0. The molecule has 106 valence electrons. The quantitative estimate of drug-likeness (QED) is 0.751. The smallest absolute Gasteiger partial charge is 0.249 e. The molecule has 0 aromatic heterocycles. The molecule has 3 amide bonds. The highest BCUT2D eigenvalue weighted by Gasteiger charge is 2.40. The van der Waals surface area contributed by atoms with Gasteiger partial charge < -0.3 is 10.8 Å². The molecule has 6 heteroatoms. The third-order valence-electron chi connectivity index (χ3n) is 3.42. The molecular weight excluding hydrogens is 260 g/mol. The Morgan fingerprint density at radius 3 is 2.75 bits per heavy atom. The van der Waals surface area contributed by atoms with Crippen molar-refractivity contribution in [2.24, 2.45) is 5.73 Å². The van der Waals surface area contributed by atoms with Crippen LogP contribution in [0.3, 0.4) is 0 Å². The monoisotopic (exact) mass is 276 g/mol. The van der Waals surface area contributed by atoms with E-state index in [9.17, 15) is 14.4 Å². The number of benzene rings is 1. The van der Waals surface area contributed by atoms with Gasteiger partial charge in [-0.3, -0.25) is 19.3 Å². The predicted octanol–water partition coefficient (Wildman–Crippen LogP) is -0.0713. The van der Waals surface area contributed by atoms with Crippen molar-refractivity contribution in [2.75, 3.05) is 13.2 Å². The number of nitrogens with two attached hydrogens (primary N) is 1. The Balaban J connectivity index is 2.42. The average Bonchev–Trinajstić information content (AvgIpc) is 2.66. The third kappa shape index (κ3) is 2.42. The minimum atomic E-state index is -0.698. The van der Waals surface area contributed by atoms with Crippen LogP contribution in [0.2, 0.25) is 0 Å². The second-order valence-corrected chi connectivity index (χ2v) is 4.82. The highest BCUT2D eigenvalue weighted by atomic mass is 16.3. The van der Waals surface area contributed by atoms with Gasteiger partial charge in [0.2, 0.25) is 17.7 Å². The van der Waals surface area contributed by atoms with E-state index in [-0.39, 0.29) is 31.0 Å². The average molecular weight is 276 g/mol. The highest BCUT2D eigenvalue weighted by Crippen LogP contribution is 2.32. The molecule has 20 heavy (non-hydrogen) atoms. The van der Waals surface area contributed by atoms with Crippen molar-refractivity contribution >= 4 is 17.7 Å². The number of carbonyl (C=O) groups excluding carboxylic acids is 3. The van der Waals surface area contributed by atoms with Crippen LogP contribution < -0.4 is 5.73 Å². The summed E-state index contributed by atoms with van der Waals surface area (Å²) in [5.74, 6) is -2.06. The first-order valence-electron chi connectivity index (χ1n) is 6.31. The van der Waals surface area contributed by atoms with Gasteiger partial charge in [0, 0.05) is 12.0 Å². The van der Waals surface area contributed by atoms with Crippen molar-refractivity contribution < 1.29 is 19.5 Å². The molecule has 1 aromatic carbocycles. The van der Waals surface area contributed by atoms with Crippen molar-refractivity contribution in [1.82, 2.24) is 4.90 Å². The summed E-state index contributed by atoms with van der Waals surface area (Å²) in [7, 11) is 0. The number of aliphatic hydroxyl groups is 1. The number of imide groups is 1. The van der Waals surface area contributed by atoms with Crippen LogP contribution in [0.15, 0.2) is 18.2 Å². The first kappa shape index (κ1) is 14.2. The summed E-state index contributed by atoms with van der Waals surface area (Å²) in [6, 6.07) is 5.01. The molecule has 1 aliphatic rings. The van der Waals surface area contributed by atoms with Crippen LogP contribution in [0.1, 0.15) is 33.8 Å². The Morgan fingerprint density at radius 1 is 1.45 bits per heavy atom. The van der Waals surface area contributed by atoms with E-state index in [0.29, 0.717) is 5.56 Å². The lowest BCUT2D eigenvalue weighted by atomic mass is 9.91. The lowest BCUT2D eigenvalue weighted by Crippen LogP contribution is -2.33. The van der Waals surface area contributed by atoms with Gasteiger partial charge >= 0.3 is 0 Å². The standard InChI is InChI=1S/C14H16N2O4/c1-8-2-3-9(13(15)19)10(6-8)11-7-12(18)16(4-5-17)14(11)20/h2-3,6,11,17H,4-5,7H2,1H3,(H2,15,19)/t11-/m0/s1. The normalized spacial score (nSPS) is 18.7. The van der Waals surface area contributed by atoms with E-state index < -0.39 is 17.7 Å². The molecule has 0 radical (unpaired) electrons. The van der Waals surface area contributed by atoms with Crippen molar-refractivity contribution in [3.63, 3.8) is 0 Å². The van der Waals surface area contributed by atoms with Crippen LogP contribution in [-0.2, 0) is 9.59 Å². The number of hydrogen-bond donors (Lipinski definition) is 2. The topological polar surface area (TPSA) is 101 Å². The van der Waals surface area contributed by atoms with E-state index in [1.54, 1.807) is 18.2 Å². The Labute approximate surface area is 116 Å². The zero-order valence-electron chi connectivity index (χ0n) is 11.1. The number of likely N-dealkylation sites (tertiary alicyclic amines) is 1. The van der Waals surface area contributed by atoms with Crippen LogP contribution in [0.25, 0.3) is 0 Å². The van der Waals surface area contributed by atoms with Gasteiger partial charge in [0.1, 0.15) is 0 Å². The Hall–Kier alpha value is -2.21. The molecule has 0 aliphatic carbocycles. The Kier molecular flexibility index (Phi) is 3.85. The van der Waals surface area contributed by atoms with Gasteiger partial charge in [-0.25, -0.2) is 0 Å². The number of carbonyl (C=O) groups is 3. The van der Waals surface area contributed by atoms with Crippen LogP contribution >= 0.6 is 0 Å². The Morgan fingerprint density at radius 2 is 2.15 bits per heavy atom. The van der Waals surface area contributed by atoms with Crippen molar-refractivity contribution in [3.05, 3.63) is 34.9 Å². The number of hydrogen-bond acceptors (Lipinski definition) is 4. The maximum absolute atomic E-state index is 12.2. The molecule has 1 heterocycles. The van der Waals surface area contributed by atoms with Gasteiger partial charge in [0.25, 0.3) is 0 Å². The molecule has 2 rings (SSSR count). The lowest BCUT2D eigenvalue weighted by Gasteiger charge is -2.15. The third-order valence-corrected chi connectivity index (χ3v) is 3.42. The minimum Gasteiger partial charge on any atom is -0.395 e. The molecule has 1 aliphatic heterocycles. The first-order valence-corrected chi connectivity index (χ1v) is 6.31. The molecule has 3 N–H and O–H groups in total. The van der Waals surface area contributed by atoms with Gasteiger partial charge in [0.05, 0.1) is 19.1 Å². The number of amides is 3. The van der Waals surface area contributed by atoms with Gasteiger partial charge in [0.15, 0.2) is 0 Å². The maximum atomic E-state index is 12.2. The highest BCUT2D eigenvalue weighted by molar-refractivity contribution is 6.07. The number of rotatable bonds is 4. The molecule has 1 saturated heterocycles. The second-order valence-electron chi connectivity index (χ2n) is 4.82. The summed E-state index contributed by atoms with van der Waals surface area (Å²) in [5.41, 5.74) is 6.94. The van der Waals surface area contributed by atoms with E-state index in [1.165, 1.54) is 0 Å². The SMILES string of the molecule is Cc1ccc(C(N)=O)c([C@@H]2CC(=O)N(CCO)C2=O)c1. The number of primary amides is 1. The largest absolute Gasteiger partial charge is 0.395 e. The fourth-order valence-corrected chi connectivity index (χ4v) is 2.46. The van der Waals surface area contributed by atoms with E-state index in [4.69, 9.17) is 10.8 Å². The zero-order valence-corrected chi connectivity index (χ0v) is 11.1. The predicted molar refractivity (Wildman–Crippen MR) is 70.9 cm³/mol. The molecular formula is C14H16N2O4. The van der Waals surface area contributed by atoms with Crippen molar-refractivity contribution in [3.8, 4) is 0 Å². The molecule has 1 fully saturated rings. The van der Waals surface area contributed by atoms with E-state index >= 15 is 0 Å². The summed E-state index contributed by atoms with van der Waals surface area (Å²) in [6.45, 7) is 1.54. The van der Waals surface area contributed by atoms with Crippen LogP contribution in [0.5, 0.6) is 0 Å². The fourth-order valence-electron chi connectivity index (χ4n) is 2.46. The minimum absolute atomic E-state index is 0.00255. The first-order chi connectivity index (χ1) is 9.45. The van der Waals surface area contributed by atoms with Crippen molar-refractivity contribution in [1.29, 1.82) is 0 Å².